The van der Waals surface area contributed by atoms with E-state index in [0.717, 1.165) is 23.6 Å². The zero-order valence-corrected chi connectivity index (χ0v) is 13.2. The van der Waals surface area contributed by atoms with Crippen molar-refractivity contribution in [2.75, 3.05) is 5.73 Å². The first-order chi connectivity index (χ1) is 10.6. The van der Waals surface area contributed by atoms with Gasteiger partial charge in [0.05, 0.1) is 6.54 Å². The predicted molar refractivity (Wildman–Crippen MR) is 88.1 cm³/mol. The van der Waals surface area contributed by atoms with Gasteiger partial charge in [0, 0.05) is 31.0 Å². The first-order valence-electron chi connectivity index (χ1n) is 7.66. The van der Waals surface area contributed by atoms with Crippen molar-refractivity contribution >= 4 is 11.6 Å². The Labute approximate surface area is 131 Å². The normalized spacial score (nSPS) is 10.9. The van der Waals surface area contributed by atoms with Crippen LogP contribution in [0, 0.1) is 5.92 Å². The molecule has 0 fully saturated rings. The van der Waals surface area contributed by atoms with E-state index in [2.05, 4.69) is 28.7 Å². The Morgan fingerprint density at radius 1 is 1.36 bits per heavy atom. The molecular formula is C17H24N4O. The van der Waals surface area contributed by atoms with E-state index in [1.54, 1.807) is 6.20 Å². The fraction of sp³-hybridized carbons (Fsp3) is 0.412. The Kier molecular flexibility index (Phi) is 5.58. The zero-order valence-electron chi connectivity index (χ0n) is 13.2. The lowest BCUT2D eigenvalue weighted by atomic mass is 10.1. The van der Waals surface area contributed by atoms with Gasteiger partial charge in [-0.25, -0.2) is 4.98 Å². The number of benzene rings is 1. The number of nitrogens with one attached hydrogen (secondary N) is 1. The molecule has 0 saturated carbocycles. The van der Waals surface area contributed by atoms with E-state index in [4.69, 9.17) is 5.73 Å². The molecule has 0 radical (unpaired) electrons. The quantitative estimate of drug-likeness (QED) is 0.771. The van der Waals surface area contributed by atoms with E-state index in [0.29, 0.717) is 25.3 Å². The molecule has 0 spiro atoms. The van der Waals surface area contributed by atoms with Crippen LogP contribution >= 0.6 is 0 Å². The molecule has 3 N–H and O–H groups in total. The molecule has 5 nitrogen and oxygen atoms in total. The van der Waals surface area contributed by atoms with Gasteiger partial charge in [0.25, 0.3) is 0 Å². The first-order valence-corrected chi connectivity index (χ1v) is 7.66. The third-order valence-corrected chi connectivity index (χ3v) is 3.48. The number of rotatable bonds is 7. The number of nitrogens with two attached hydrogens (primary N) is 1. The maximum atomic E-state index is 12.0. The van der Waals surface area contributed by atoms with Crippen molar-refractivity contribution in [2.24, 2.45) is 5.92 Å². The summed E-state index contributed by atoms with van der Waals surface area (Å²) >= 11 is 0. The van der Waals surface area contributed by atoms with Crippen LogP contribution in [0.5, 0.6) is 0 Å². The molecule has 0 bridgehead atoms. The third kappa shape index (κ3) is 4.62. The number of aromatic nitrogens is 2. The molecule has 2 rings (SSSR count). The molecule has 1 aromatic carbocycles. The number of carbonyl (C=O) groups excluding carboxylic acids is 1. The van der Waals surface area contributed by atoms with Crippen LogP contribution in [-0.4, -0.2) is 15.5 Å². The zero-order chi connectivity index (χ0) is 15.9. The number of anilines is 1. The number of amides is 1. The highest BCUT2D eigenvalue weighted by Gasteiger charge is 2.08. The maximum absolute atomic E-state index is 12.0. The minimum Gasteiger partial charge on any atom is -0.399 e. The molecule has 0 aliphatic carbocycles. The molecule has 0 unspecified atom stereocenters. The average Bonchev–Trinajstić information content (AvgIpc) is 2.90. The highest BCUT2D eigenvalue weighted by atomic mass is 16.1. The number of hydrogen-bond acceptors (Lipinski definition) is 3. The maximum Gasteiger partial charge on any atom is 0.220 e. The van der Waals surface area contributed by atoms with Crippen molar-refractivity contribution in [3.05, 3.63) is 48.0 Å². The average molecular weight is 300 g/mol. The van der Waals surface area contributed by atoms with Crippen LogP contribution in [0.4, 0.5) is 5.69 Å². The van der Waals surface area contributed by atoms with Gasteiger partial charge >= 0.3 is 0 Å². The van der Waals surface area contributed by atoms with Gasteiger partial charge in [-0.3, -0.25) is 4.79 Å². The Hall–Kier alpha value is -2.30. The highest BCUT2D eigenvalue weighted by molar-refractivity contribution is 5.76. The first kappa shape index (κ1) is 16.1. The third-order valence-electron chi connectivity index (χ3n) is 3.48. The van der Waals surface area contributed by atoms with Gasteiger partial charge in [-0.05, 0) is 24.0 Å². The molecule has 0 aliphatic heterocycles. The summed E-state index contributed by atoms with van der Waals surface area (Å²) in [5, 5.41) is 2.93. The summed E-state index contributed by atoms with van der Waals surface area (Å²) in [6, 6.07) is 7.65. The Bertz CT molecular complexity index is 619. The van der Waals surface area contributed by atoms with Crippen LogP contribution in [0.3, 0.4) is 0 Å². The second-order valence-electron chi connectivity index (χ2n) is 5.87. The van der Waals surface area contributed by atoms with Gasteiger partial charge < -0.3 is 15.6 Å². The molecule has 1 heterocycles. The molecule has 0 saturated heterocycles. The van der Waals surface area contributed by atoms with E-state index in [1.165, 1.54) is 0 Å². The topological polar surface area (TPSA) is 72.9 Å². The minimum atomic E-state index is 0.0161. The summed E-state index contributed by atoms with van der Waals surface area (Å²) in [5.74, 6) is 1.45. The van der Waals surface area contributed by atoms with E-state index in [1.807, 2.05) is 30.5 Å². The number of aryl methyl sites for hydroxylation is 1. The smallest absolute Gasteiger partial charge is 0.220 e. The van der Waals surface area contributed by atoms with Crippen LogP contribution in [0.15, 0.2) is 36.7 Å². The summed E-state index contributed by atoms with van der Waals surface area (Å²) in [6.07, 6.45) is 4.80. The van der Waals surface area contributed by atoms with Crippen LogP contribution in [-0.2, 0) is 24.3 Å². The van der Waals surface area contributed by atoms with Gasteiger partial charge in [0.2, 0.25) is 5.91 Å². The highest BCUT2D eigenvalue weighted by Crippen LogP contribution is 2.12. The largest absolute Gasteiger partial charge is 0.399 e. The number of carbonyl (C=O) groups is 1. The number of nitrogens with zero attached hydrogens (tertiary/aromatic N) is 2. The fourth-order valence-corrected chi connectivity index (χ4v) is 2.34. The second-order valence-corrected chi connectivity index (χ2v) is 5.87. The number of hydrogen-bond donors (Lipinski definition) is 2. The molecule has 1 amide bonds. The summed E-state index contributed by atoms with van der Waals surface area (Å²) in [7, 11) is 0. The lowest BCUT2D eigenvalue weighted by Gasteiger charge is -2.11. The molecule has 1 aromatic heterocycles. The van der Waals surface area contributed by atoms with Crippen LogP contribution in [0.2, 0.25) is 0 Å². The van der Waals surface area contributed by atoms with E-state index in [-0.39, 0.29) is 5.91 Å². The van der Waals surface area contributed by atoms with Gasteiger partial charge in [-0.1, -0.05) is 32.0 Å². The molecular weight excluding hydrogens is 276 g/mol. The van der Waals surface area contributed by atoms with Crippen molar-refractivity contribution in [1.82, 2.24) is 14.9 Å². The molecule has 0 aliphatic rings. The summed E-state index contributed by atoms with van der Waals surface area (Å²) in [4.78, 5) is 16.3. The molecule has 0 atom stereocenters. The molecule has 2 aromatic rings. The fourth-order valence-electron chi connectivity index (χ4n) is 2.34. The Morgan fingerprint density at radius 2 is 2.14 bits per heavy atom. The standard InChI is InChI=1S/C17H24N4O/c1-13(2)12-21-10-9-19-16(21)11-20-17(22)8-7-14-5-3-4-6-15(14)18/h3-6,9-10,13H,7-8,11-12,18H2,1-2H3,(H,20,22). The summed E-state index contributed by atoms with van der Waals surface area (Å²) in [6.45, 7) is 5.69. The van der Waals surface area contributed by atoms with Gasteiger partial charge in [-0.2, -0.15) is 0 Å². The summed E-state index contributed by atoms with van der Waals surface area (Å²) in [5.41, 5.74) is 7.63. The van der Waals surface area contributed by atoms with E-state index < -0.39 is 0 Å². The summed E-state index contributed by atoms with van der Waals surface area (Å²) < 4.78 is 2.08. The lowest BCUT2D eigenvalue weighted by Crippen LogP contribution is -2.25. The van der Waals surface area contributed by atoms with Crippen molar-refractivity contribution in [1.29, 1.82) is 0 Å². The van der Waals surface area contributed by atoms with E-state index in [9.17, 15) is 4.79 Å². The SMILES string of the molecule is CC(C)Cn1ccnc1CNC(=O)CCc1ccccc1N. The van der Waals surface area contributed by atoms with Gasteiger partial charge in [0.15, 0.2) is 0 Å². The second kappa shape index (κ2) is 7.64. The predicted octanol–water partition coefficient (Wildman–Crippen LogP) is 2.37. The minimum absolute atomic E-state index is 0.0161. The van der Waals surface area contributed by atoms with Gasteiger partial charge in [-0.15, -0.1) is 0 Å². The number of para-hydroxylation sites is 1. The van der Waals surface area contributed by atoms with E-state index >= 15 is 0 Å². The molecule has 118 valence electrons. The van der Waals surface area contributed by atoms with Crippen molar-refractivity contribution in [3.8, 4) is 0 Å². The number of imidazole rings is 1. The monoisotopic (exact) mass is 300 g/mol. The lowest BCUT2D eigenvalue weighted by molar-refractivity contribution is -0.121. The van der Waals surface area contributed by atoms with Crippen molar-refractivity contribution in [3.63, 3.8) is 0 Å². The van der Waals surface area contributed by atoms with Crippen LogP contribution < -0.4 is 11.1 Å². The molecule has 5 heteroatoms. The Morgan fingerprint density at radius 3 is 2.86 bits per heavy atom. The van der Waals surface area contributed by atoms with Crippen molar-refractivity contribution < 1.29 is 4.79 Å². The van der Waals surface area contributed by atoms with Crippen LogP contribution in [0.25, 0.3) is 0 Å². The van der Waals surface area contributed by atoms with Gasteiger partial charge in [0.1, 0.15) is 5.82 Å². The van der Waals surface area contributed by atoms with Crippen LogP contribution in [0.1, 0.15) is 31.7 Å². The Balaban J connectivity index is 1.81. The number of nitrogen functional groups attached to an aromatic ring is 1. The molecule has 22 heavy (non-hydrogen) atoms. The van der Waals surface area contributed by atoms with Crippen molar-refractivity contribution in [2.45, 2.75) is 39.8 Å².